The van der Waals surface area contributed by atoms with Gasteiger partial charge in [-0.05, 0) is 61.2 Å². The van der Waals surface area contributed by atoms with Crippen LogP contribution in [0.25, 0.3) is 11.0 Å². The van der Waals surface area contributed by atoms with Gasteiger partial charge >= 0.3 is 5.63 Å². The topological polar surface area (TPSA) is 63.0 Å². The van der Waals surface area contributed by atoms with Crippen LogP contribution in [0.2, 0.25) is 0 Å². The minimum atomic E-state index is -0.475. The van der Waals surface area contributed by atoms with Crippen LogP contribution in [-0.4, -0.2) is 26.0 Å². The lowest BCUT2D eigenvalue weighted by molar-refractivity contribution is -0.117. The van der Waals surface area contributed by atoms with Crippen molar-refractivity contribution < 1.29 is 13.9 Å². The lowest BCUT2D eigenvalue weighted by Gasteiger charge is -2.30. The smallest absolute Gasteiger partial charge is 0.360 e. The number of hydrogen-bond acceptors (Lipinski definition) is 5. The van der Waals surface area contributed by atoms with E-state index in [0.29, 0.717) is 36.6 Å². The maximum atomic E-state index is 13.3. The Bertz CT molecular complexity index is 1410. The number of carbonyl (C=O) groups excluding carboxylic acids is 1. The van der Waals surface area contributed by atoms with Crippen LogP contribution in [0.1, 0.15) is 23.1 Å². The lowest BCUT2D eigenvalue weighted by Crippen LogP contribution is -2.44. The second-order valence-corrected chi connectivity index (χ2v) is 8.99. The molecule has 1 aliphatic rings. The van der Waals surface area contributed by atoms with Crippen LogP contribution in [0.5, 0.6) is 5.75 Å². The predicted molar refractivity (Wildman–Crippen MR) is 138 cm³/mol. The third-order valence-electron chi connectivity index (χ3n) is 6.43. The van der Waals surface area contributed by atoms with Gasteiger partial charge in [0.1, 0.15) is 23.6 Å². The minimum absolute atomic E-state index is 0.128. The van der Waals surface area contributed by atoms with Crippen molar-refractivity contribution in [2.24, 2.45) is 0 Å². The molecule has 4 aromatic rings. The van der Waals surface area contributed by atoms with E-state index in [1.165, 1.54) is 0 Å². The third kappa shape index (κ3) is 4.78. The van der Waals surface area contributed by atoms with Gasteiger partial charge in [-0.25, -0.2) is 4.79 Å². The van der Waals surface area contributed by atoms with E-state index in [1.54, 1.807) is 11.0 Å². The molecule has 0 N–H and O–H groups in total. The highest BCUT2D eigenvalue weighted by Gasteiger charge is 2.29. The van der Waals surface area contributed by atoms with Gasteiger partial charge in [0.15, 0.2) is 0 Å². The molecule has 5 rings (SSSR count). The molecule has 2 heterocycles. The van der Waals surface area contributed by atoms with E-state index in [1.807, 2.05) is 85.6 Å². The quantitative estimate of drug-likeness (QED) is 0.369. The van der Waals surface area contributed by atoms with Gasteiger partial charge in [0.05, 0.1) is 6.54 Å². The van der Waals surface area contributed by atoms with Crippen molar-refractivity contribution in [3.63, 3.8) is 0 Å². The molecule has 0 saturated carbocycles. The summed E-state index contributed by atoms with van der Waals surface area (Å²) >= 11 is 0. The van der Waals surface area contributed by atoms with Crippen molar-refractivity contribution in [2.75, 3.05) is 29.9 Å². The first kappa shape index (κ1) is 22.7. The fraction of sp³-hybridized carbons (Fsp3) is 0.241. The van der Waals surface area contributed by atoms with Crippen molar-refractivity contribution in [2.45, 2.75) is 26.4 Å². The number of ether oxygens (including phenoxy) is 1. The summed E-state index contributed by atoms with van der Waals surface area (Å²) in [5.74, 6) is 0.567. The van der Waals surface area contributed by atoms with Gasteiger partial charge in [0.2, 0.25) is 5.91 Å². The molecule has 35 heavy (non-hydrogen) atoms. The SMILES string of the molecule is Cc1ccc(N(C)CC(=O)N2CCCc3c2c(=O)oc2ccc(OCc4ccccc4)cc32)cc1. The summed E-state index contributed by atoms with van der Waals surface area (Å²) in [7, 11) is 1.88. The number of hydrogen-bond donors (Lipinski definition) is 0. The van der Waals surface area contributed by atoms with E-state index < -0.39 is 5.63 Å². The molecule has 1 aromatic heterocycles. The zero-order valence-corrected chi connectivity index (χ0v) is 20.0. The molecule has 0 fully saturated rings. The molecule has 6 heteroatoms. The van der Waals surface area contributed by atoms with E-state index in [0.717, 1.165) is 34.2 Å². The molecule has 0 radical (unpaired) electrons. The van der Waals surface area contributed by atoms with Gasteiger partial charge in [0, 0.05) is 24.7 Å². The summed E-state index contributed by atoms with van der Waals surface area (Å²) in [6.45, 7) is 3.14. The first-order valence-electron chi connectivity index (χ1n) is 11.8. The maximum absolute atomic E-state index is 13.3. The summed E-state index contributed by atoms with van der Waals surface area (Å²) in [6, 6.07) is 23.5. The summed E-state index contributed by atoms with van der Waals surface area (Å²) in [5, 5.41) is 0.814. The molecule has 0 atom stereocenters. The Hall–Kier alpha value is -4.06. The van der Waals surface area contributed by atoms with Crippen LogP contribution in [0.4, 0.5) is 11.4 Å². The molecule has 0 saturated heterocycles. The Labute approximate surface area is 204 Å². The second kappa shape index (κ2) is 9.66. The first-order chi connectivity index (χ1) is 17.0. The van der Waals surface area contributed by atoms with Gasteiger partial charge < -0.3 is 19.0 Å². The van der Waals surface area contributed by atoms with E-state index in [-0.39, 0.29) is 12.5 Å². The molecule has 178 valence electrons. The molecule has 0 spiro atoms. The molecule has 0 aliphatic carbocycles. The summed E-state index contributed by atoms with van der Waals surface area (Å²) < 4.78 is 11.6. The van der Waals surface area contributed by atoms with Crippen molar-refractivity contribution in [3.8, 4) is 5.75 Å². The van der Waals surface area contributed by atoms with Gasteiger partial charge in [-0.2, -0.15) is 0 Å². The zero-order chi connectivity index (χ0) is 24.4. The lowest BCUT2D eigenvalue weighted by atomic mass is 9.98. The molecular weight excluding hydrogens is 440 g/mol. The Kier molecular flexibility index (Phi) is 6.27. The number of nitrogens with zero attached hydrogens (tertiary/aromatic N) is 2. The maximum Gasteiger partial charge on any atom is 0.360 e. The number of anilines is 2. The standard InChI is InChI=1S/C29H28N2O4/c1-20-10-12-22(13-11-20)30(2)18-27(32)31-16-6-9-24-25-17-23(34-19-21-7-4-3-5-8-21)14-15-26(25)35-29(33)28(24)31/h3-5,7-8,10-15,17H,6,9,16,18-19H2,1-2H3. The number of fused-ring (bicyclic) bond motifs is 3. The Morgan fingerprint density at radius 3 is 2.60 bits per heavy atom. The van der Waals surface area contributed by atoms with Crippen LogP contribution in [0.15, 0.2) is 82.0 Å². The van der Waals surface area contributed by atoms with Crippen LogP contribution in [0.3, 0.4) is 0 Å². The largest absolute Gasteiger partial charge is 0.489 e. The monoisotopic (exact) mass is 468 g/mol. The van der Waals surface area contributed by atoms with E-state index >= 15 is 0 Å². The molecular formula is C29H28N2O4. The zero-order valence-electron chi connectivity index (χ0n) is 20.0. The first-order valence-corrected chi connectivity index (χ1v) is 11.8. The average molecular weight is 469 g/mol. The van der Waals surface area contributed by atoms with Gasteiger partial charge in [0.25, 0.3) is 0 Å². The van der Waals surface area contributed by atoms with Gasteiger partial charge in [-0.1, -0.05) is 48.0 Å². The fourth-order valence-corrected chi connectivity index (χ4v) is 4.54. The number of aryl methyl sites for hydroxylation is 2. The summed E-state index contributed by atoms with van der Waals surface area (Å²) in [4.78, 5) is 29.8. The van der Waals surface area contributed by atoms with E-state index in [2.05, 4.69) is 0 Å². The molecule has 3 aromatic carbocycles. The van der Waals surface area contributed by atoms with Crippen molar-refractivity contribution in [1.82, 2.24) is 0 Å². The van der Waals surface area contributed by atoms with Crippen LogP contribution in [-0.2, 0) is 17.8 Å². The number of rotatable bonds is 6. The van der Waals surface area contributed by atoms with Gasteiger partial charge in [-0.15, -0.1) is 0 Å². The van der Waals surface area contributed by atoms with Crippen LogP contribution in [0, 0.1) is 6.92 Å². The number of likely N-dealkylation sites (N-methyl/N-ethyl adjacent to an activating group) is 1. The molecule has 6 nitrogen and oxygen atoms in total. The summed E-state index contributed by atoms with van der Waals surface area (Å²) in [6.07, 6.45) is 1.48. The third-order valence-corrected chi connectivity index (χ3v) is 6.43. The minimum Gasteiger partial charge on any atom is -0.489 e. The van der Waals surface area contributed by atoms with Crippen LogP contribution < -0.4 is 20.2 Å². The van der Waals surface area contributed by atoms with Crippen molar-refractivity contribution >= 4 is 28.3 Å². The Morgan fingerprint density at radius 1 is 1.06 bits per heavy atom. The number of benzene rings is 3. The second-order valence-electron chi connectivity index (χ2n) is 8.99. The Balaban J connectivity index is 1.42. The average Bonchev–Trinajstić information content (AvgIpc) is 2.88. The normalized spacial score (nSPS) is 12.9. The number of carbonyl (C=O) groups is 1. The van der Waals surface area contributed by atoms with Crippen molar-refractivity contribution in [3.05, 3.63) is 99.9 Å². The molecule has 0 unspecified atom stereocenters. The van der Waals surface area contributed by atoms with Crippen LogP contribution >= 0.6 is 0 Å². The highest BCUT2D eigenvalue weighted by molar-refractivity contribution is 6.00. The highest BCUT2D eigenvalue weighted by atomic mass is 16.5. The molecule has 1 amide bonds. The van der Waals surface area contributed by atoms with E-state index in [9.17, 15) is 9.59 Å². The molecule has 1 aliphatic heterocycles. The fourth-order valence-electron chi connectivity index (χ4n) is 4.54. The predicted octanol–water partition coefficient (Wildman–Crippen LogP) is 5.10. The van der Waals surface area contributed by atoms with Gasteiger partial charge in [-0.3, -0.25) is 4.79 Å². The number of amides is 1. The Morgan fingerprint density at radius 2 is 1.83 bits per heavy atom. The molecule has 0 bridgehead atoms. The highest BCUT2D eigenvalue weighted by Crippen LogP contribution is 2.33. The van der Waals surface area contributed by atoms with E-state index in [4.69, 9.17) is 9.15 Å². The van der Waals surface area contributed by atoms with Crippen molar-refractivity contribution in [1.29, 1.82) is 0 Å². The summed E-state index contributed by atoms with van der Waals surface area (Å²) in [5.41, 5.74) is 4.42.